The van der Waals surface area contributed by atoms with Gasteiger partial charge < -0.3 is 5.32 Å². The second-order valence-electron chi connectivity index (χ2n) is 5.21. The summed E-state index contributed by atoms with van der Waals surface area (Å²) in [5.74, 6) is 0. The first-order valence-corrected chi connectivity index (χ1v) is 6.27. The molecule has 1 unspecified atom stereocenters. The van der Waals surface area contributed by atoms with Crippen LogP contribution in [0.1, 0.15) is 31.4 Å². The Balaban J connectivity index is 1.92. The maximum atomic E-state index is 3.59. The molecule has 1 fully saturated rings. The van der Waals surface area contributed by atoms with Gasteiger partial charge in [-0.2, -0.15) is 0 Å². The molecule has 1 aromatic rings. The van der Waals surface area contributed by atoms with E-state index in [-0.39, 0.29) is 0 Å². The molecule has 1 nitrogen and oxygen atoms in total. The standard InChI is InChI=1S/C13H18BrN/c1-9-4-5-10(6-11(9)14)8-15-12-7-13(12,2)3/h4-6,12,15H,7-8H2,1-3H3. The van der Waals surface area contributed by atoms with Gasteiger partial charge in [0.25, 0.3) is 0 Å². The molecule has 0 aliphatic heterocycles. The molecule has 1 aromatic carbocycles. The molecule has 0 saturated heterocycles. The van der Waals surface area contributed by atoms with Crippen LogP contribution < -0.4 is 5.32 Å². The third-order valence-corrected chi connectivity index (χ3v) is 4.16. The van der Waals surface area contributed by atoms with Gasteiger partial charge in [0.1, 0.15) is 0 Å². The van der Waals surface area contributed by atoms with Crippen LogP contribution in [0.25, 0.3) is 0 Å². The summed E-state index contributed by atoms with van der Waals surface area (Å²) in [4.78, 5) is 0. The lowest BCUT2D eigenvalue weighted by Crippen LogP contribution is -2.19. The molecule has 0 bridgehead atoms. The summed E-state index contributed by atoms with van der Waals surface area (Å²) in [5, 5.41) is 3.59. The summed E-state index contributed by atoms with van der Waals surface area (Å²) in [6.45, 7) is 7.73. The Kier molecular flexibility index (Phi) is 2.91. The van der Waals surface area contributed by atoms with Crippen LogP contribution in [0.15, 0.2) is 22.7 Å². The summed E-state index contributed by atoms with van der Waals surface area (Å²) in [5.41, 5.74) is 3.17. The minimum absolute atomic E-state index is 0.516. The smallest absolute Gasteiger partial charge is 0.0208 e. The highest BCUT2D eigenvalue weighted by atomic mass is 79.9. The number of aryl methyl sites for hydroxylation is 1. The highest BCUT2D eigenvalue weighted by molar-refractivity contribution is 9.10. The zero-order chi connectivity index (χ0) is 11.1. The fourth-order valence-corrected chi connectivity index (χ4v) is 2.23. The number of hydrogen-bond acceptors (Lipinski definition) is 1. The number of hydrogen-bond donors (Lipinski definition) is 1. The first-order chi connectivity index (χ1) is 6.99. The van der Waals surface area contributed by atoms with E-state index in [1.807, 2.05) is 0 Å². The second-order valence-corrected chi connectivity index (χ2v) is 6.06. The number of nitrogens with one attached hydrogen (secondary N) is 1. The summed E-state index contributed by atoms with van der Waals surface area (Å²) in [6, 6.07) is 7.27. The first-order valence-electron chi connectivity index (χ1n) is 5.47. The van der Waals surface area contributed by atoms with Gasteiger partial charge in [-0.1, -0.05) is 41.9 Å². The van der Waals surface area contributed by atoms with E-state index in [9.17, 15) is 0 Å². The van der Waals surface area contributed by atoms with Gasteiger partial charge in [0.05, 0.1) is 0 Å². The SMILES string of the molecule is Cc1ccc(CNC2CC2(C)C)cc1Br. The van der Waals surface area contributed by atoms with E-state index in [0.29, 0.717) is 11.5 Å². The fraction of sp³-hybridized carbons (Fsp3) is 0.538. The van der Waals surface area contributed by atoms with Gasteiger partial charge in [-0.15, -0.1) is 0 Å². The number of halogens is 1. The van der Waals surface area contributed by atoms with Crippen molar-refractivity contribution < 1.29 is 0 Å². The Labute approximate surface area is 100 Å². The van der Waals surface area contributed by atoms with E-state index in [1.165, 1.54) is 22.0 Å². The second kappa shape index (κ2) is 3.91. The zero-order valence-corrected chi connectivity index (χ0v) is 11.2. The van der Waals surface area contributed by atoms with E-state index >= 15 is 0 Å². The lowest BCUT2D eigenvalue weighted by molar-refractivity contribution is 0.542. The molecule has 0 heterocycles. The predicted octanol–water partition coefficient (Wildman–Crippen LogP) is 3.65. The van der Waals surface area contributed by atoms with E-state index in [2.05, 4.69) is 60.2 Å². The molecule has 82 valence electrons. The highest BCUT2D eigenvalue weighted by Crippen LogP contribution is 2.44. The van der Waals surface area contributed by atoms with Gasteiger partial charge in [0.15, 0.2) is 0 Å². The summed E-state index contributed by atoms with van der Waals surface area (Å²) >= 11 is 3.56. The summed E-state index contributed by atoms with van der Waals surface area (Å²) < 4.78 is 1.21. The molecular weight excluding hydrogens is 250 g/mol. The summed E-state index contributed by atoms with van der Waals surface area (Å²) in [6.07, 6.45) is 1.31. The molecule has 1 N–H and O–H groups in total. The van der Waals surface area contributed by atoms with Crippen molar-refractivity contribution >= 4 is 15.9 Å². The molecular formula is C13H18BrN. The molecule has 0 radical (unpaired) electrons. The predicted molar refractivity (Wildman–Crippen MR) is 67.9 cm³/mol. The van der Waals surface area contributed by atoms with Crippen LogP contribution in [0.2, 0.25) is 0 Å². The van der Waals surface area contributed by atoms with Gasteiger partial charge in [-0.3, -0.25) is 0 Å². The van der Waals surface area contributed by atoms with Crippen LogP contribution in [0.3, 0.4) is 0 Å². The Morgan fingerprint density at radius 1 is 1.47 bits per heavy atom. The van der Waals surface area contributed by atoms with Gasteiger partial charge >= 0.3 is 0 Å². The van der Waals surface area contributed by atoms with E-state index in [1.54, 1.807) is 0 Å². The Morgan fingerprint density at radius 2 is 2.13 bits per heavy atom. The van der Waals surface area contributed by atoms with Crippen molar-refractivity contribution in [3.05, 3.63) is 33.8 Å². The molecule has 1 atom stereocenters. The molecule has 2 heteroatoms. The summed E-state index contributed by atoms with van der Waals surface area (Å²) in [7, 11) is 0. The van der Waals surface area contributed by atoms with Gasteiger partial charge in [-0.25, -0.2) is 0 Å². The monoisotopic (exact) mass is 267 g/mol. The van der Waals surface area contributed by atoms with Crippen molar-refractivity contribution in [2.75, 3.05) is 0 Å². The highest BCUT2D eigenvalue weighted by Gasteiger charge is 2.44. The van der Waals surface area contributed by atoms with Gasteiger partial charge in [0.2, 0.25) is 0 Å². The first kappa shape index (κ1) is 11.2. The molecule has 15 heavy (non-hydrogen) atoms. The van der Waals surface area contributed by atoms with Crippen molar-refractivity contribution in [1.82, 2.24) is 5.32 Å². The lowest BCUT2D eigenvalue weighted by Gasteiger charge is -2.08. The largest absolute Gasteiger partial charge is 0.309 e. The molecule has 1 saturated carbocycles. The Morgan fingerprint density at radius 3 is 2.67 bits per heavy atom. The third-order valence-electron chi connectivity index (χ3n) is 3.30. The van der Waals surface area contributed by atoms with E-state index in [0.717, 1.165) is 6.54 Å². The van der Waals surface area contributed by atoms with Crippen LogP contribution in [0, 0.1) is 12.3 Å². The van der Waals surface area contributed by atoms with Crippen molar-refractivity contribution in [3.8, 4) is 0 Å². The maximum Gasteiger partial charge on any atom is 0.0208 e. The molecule has 2 rings (SSSR count). The van der Waals surface area contributed by atoms with Crippen molar-refractivity contribution in [1.29, 1.82) is 0 Å². The lowest BCUT2D eigenvalue weighted by atomic mass is 10.1. The normalized spacial score (nSPS) is 22.8. The average Bonchev–Trinajstić information content (AvgIpc) is 2.77. The zero-order valence-electron chi connectivity index (χ0n) is 9.60. The molecule has 0 aromatic heterocycles. The minimum atomic E-state index is 0.516. The van der Waals surface area contributed by atoms with Gasteiger partial charge in [0, 0.05) is 17.1 Å². The fourth-order valence-electron chi connectivity index (χ4n) is 1.80. The quantitative estimate of drug-likeness (QED) is 0.882. The van der Waals surface area contributed by atoms with Gasteiger partial charge in [-0.05, 0) is 36.0 Å². The van der Waals surface area contributed by atoms with Crippen LogP contribution in [-0.2, 0) is 6.54 Å². The third kappa shape index (κ3) is 2.61. The molecule has 0 amide bonds. The molecule has 1 aliphatic rings. The topological polar surface area (TPSA) is 12.0 Å². The van der Waals surface area contributed by atoms with Crippen molar-refractivity contribution in [2.24, 2.45) is 5.41 Å². The Bertz CT molecular complexity index is 371. The maximum absolute atomic E-state index is 3.59. The Hall–Kier alpha value is -0.340. The van der Waals surface area contributed by atoms with E-state index < -0.39 is 0 Å². The molecule has 1 aliphatic carbocycles. The average molecular weight is 268 g/mol. The van der Waals surface area contributed by atoms with Crippen LogP contribution in [-0.4, -0.2) is 6.04 Å². The minimum Gasteiger partial charge on any atom is -0.309 e. The van der Waals surface area contributed by atoms with Crippen LogP contribution in [0.5, 0.6) is 0 Å². The van der Waals surface area contributed by atoms with Crippen LogP contribution in [0.4, 0.5) is 0 Å². The van der Waals surface area contributed by atoms with Crippen LogP contribution >= 0.6 is 15.9 Å². The molecule has 0 spiro atoms. The van der Waals surface area contributed by atoms with Crippen molar-refractivity contribution in [2.45, 2.75) is 39.8 Å². The number of rotatable bonds is 3. The van der Waals surface area contributed by atoms with Crippen molar-refractivity contribution in [3.63, 3.8) is 0 Å². The van der Waals surface area contributed by atoms with E-state index in [4.69, 9.17) is 0 Å². The number of benzene rings is 1.